The molecule has 9 heteroatoms. The third kappa shape index (κ3) is 4.83. The van der Waals surface area contributed by atoms with Crippen molar-refractivity contribution in [2.75, 3.05) is 32.7 Å². The van der Waals surface area contributed by atoms with Crippen LogP contribution in [0, 0.1) is 12.8 Å². The summed E-state index contributed by atoms with van der Waals surface area (Å²) in [6.45, 7) is 6.16. The number of furan rings is 1. The van der Waals surface area contributed by atoms with Crippen molar-refractivity contribution in [3.05, 3.63) is 59.9 Å². The summed E-state index contributed by atoms with van der Waals surface area (Å²) < 4.78 is 10.8. The van der Waals surface area contributed by atoms with Crippen molar-refractivity contribution in [2.45, 2.75) is 26.4 Å². The second kappa shape index (κ2) is 9.19. The largest absolute Gasteiger partial charge is 0.467 e. The fourth-order valence-corrected chi connectivity index (χ4v) is 4.40. The highest BCUT2D eigenvalue weighted by atomic mass is 16.5. The van der Waals surface area contributed by atoms with Gasteiger partial charge in [-0.2, -0.15) is 4.98 Å². The Labute approximate surface area is 191 Å². The molecule has 2 aromatic heterocycles. The van der Waals surface area contributed by atoms with Gasteiger partial charge in [0.05, 0.1) is 25.3 Å². The maximum Gasteiger partial charge on any atom is 0.241 e. The summed E-state index contributed by atoms with van der Waals surface area (Å²) >= 11 is 0. The molecule has 0 radical (unpaired) electrons. The van der Waals surface area contributed by atoms with Crippen LogP contribution < -0.4 is 0 Å². The van der Waals surface area contributed by atoms with Crippen LogP contribution in [0.4, 0.5) is 0 Å². The van der Waals surface area contributed by atoms with E-state index in [4.69, 9.17) is 8.94 Å². The summed E-state index contributed by atoms with van der Waals surface area (Å²) in [5, 5.41) is 4.10. The van der Waals surface area contributed by atoms with Gasteiger partial charge in [-0.1, -0.05) is 35.0 Å². The number of hydrogen-bond donors (Lipinski definition) is 0. The Morgan fingerprint density at radius 2 is 1.88 bits per heavy atom. The van der Waals surface area contributed by atoms with E-state index in [9.17, 15) is 9.59 Å². The maximum atomic E-state index is 13.0. The lowest BCUT2D eigenvalue weighted by Crippen LogP contribution is -2.50. The minimum Gasteiger partial charge on any atom is -0.467 e. The van der Waals surface area contributed by atoms with E-state index in [-0.39, 0.29) is 24.2 Å². The van der Waals surface area contributed by atoms with Crippen molar-refractivity contribution in [3.63, 3.8) is 0 Å². The van der Waals surface area contributed by atoms with Gasteiger partial charge in [0.2, 0.25) is 23.5 Å². The SMILES string of the molecule is Cc1ccc(-c2noc(CN3CCN(C(=O)C4CC(=O)N(Cc5ccco5)C4)CC3)n2)cc1. The zero-order chi connectivity index (χ0) is 22.8. The molecular weight excluding hydrogens is 422 g/mol. The summed E-state index contributed by atoms with van der Waals surface area (Å²) in [6.07, 6.45) is 1.86. The van der Waals surface area contributed by atoms with E-state index in [0.717, 1.165) is 24.4 Å². The fraction of sp³-hybridized carbons (Fsp3) is 0.417. The Kier molecular flexibility index (Phi) is 5.95. The lowest BCUT2D eigenvalue weighted by molar-refractivity contribution is -0.137. The molecule has 33 heavy (non-hydrogen) atoms. The molecule has 5 rings (SSSR count). The monoisotopic (exact) mass is 449 g/mol. The molecule has 0 N–H and O–H groups in total. The van der Waals surface area contributed by atoms with E-state index >= 15 is 0 Å². The van der Waals surface area contributed by atoms with Crippen molar-refractivity contribution in [3.8, 4) is 11.4 Å². The molecule has 2 amide bonds. The smallest absolute Gasteiger partial charge is 0.241 e. The zero-order valence-electron chi connectivity index (χ0n) is 18.6. The summed E-state index contributed by atoms with van der Waals surface area (Å²) in [4.78, 5) is 35.7. The number of aromatic nitrogens is 2. The molecule has 4 heterocycles. The summed E-state index contributed by atoms with van der Waals surface area (Å²) in [5.41, 5.74) is 2.11. The fourth-order valence-electron chi connectivity index (χ4n) is 4.40. The molecule has 2 aliphatic heterocycles. The van der Waals surface area contributed by atoms with Crippen molar-refractivity contribution in [1.29, 1.82) is 0 Å². The Hall–Kier alpha value is -3.46. The van der Waals surface area contributed by atoms with Gasteiger partial charge in [0.1, 0.15) is 5.76 Å². The highest BCUT2D eigenvalue weighted by Crippen LogP contribution is 2.23. The van der Waals surface area contributed by atoms with Crippen LogP contribution in [0.25, 0.3) is 11.4 Å². The van der Waals surface area contributed by atoms with Crippen LogP contribution in [0.5, 0.6) is 0 Å². The van der Waals surface area contributed by atoms with Crippen LogP contribution >= 0.6 is 0 Å². The minimum atomic E-state index is -0.285. The quantitative estimate of drug-likeness (QED) is 0.570. The molecule has 0 spiro atoms. The van der Waals surface area contributed by atoms with Crippen LogP contribution in [0.1, 0.15) is 23.6 Å². The number of hydrogen-bond acceptors (Lipinski definition) is 7. The maximum absolute atomic E-state index is 13.0. The first-order valence-corrected chi connectivity index (χ1v) is 11.3. The van der Waals surface area contributed by atoms with Crippen LogP contribution in [0.3, 0.4) is 0 Å². The lowest BCUT2D eigenvalue weighted by Gasteiger charge is -2.35. The minimum absolute atomic E-state index is 0.00385. The first-order valence-electron chi connectivity index (χ1n) is 11.3. The Morgan fingerprint density at radius 1 is 1.09 bits per heavy atom. The Morgan fingerprint density at radius 3 is 2.61 bits per heavy atom. The number of likely N-dealkylation sites (tertiary alicyclic amines) is 1. The van der Waals surface area contributed by atoms with Crippen molar-refractivity contribution in [2.24, 2.45) is 5.92 Å². The van der Waals surface area contributed by atoms with Gasteiger partial charge in [-0.25, -0.2) is 0 Å². The topological polar surface area (TPSA) is 95.9 Å². The lowest BCUT2D eigenvalue weighted by atomic mass is 10.1. The molecule has 0 bridgehead atoms. The number of piperazine rings is 1. The van der Waals surface area contributed by atoms with Gasteiger partial charge in [-0.3, -0.25) is 14.5 Å². The summed E-state index contributed by atoms with van der Waals surface area (Å²) in [6, 6.07) is 11.7. The van der Waals surface area contributed by atoms with Crippen molar-refractivity contribution in [1.82, 2.24) is 24.8 Å². The van der Waals surface area contributed by atoms with Crippen molar-refractivity contribution < 1.29 is 18.5 Å². The average molecular weight is 450 g/mol. The second-order valence-corrected chi connectivity index (χ2v) is 8.73. The average Bonchev–Trinajstić information content (AvgIpc) is 3.57. The van der Waals surface area contributed by atoms with Crippen LogP contribution in [0.2, 0.25) is 0 Å². The van der Waals surface area contributed by atoms with Gasteiger partial charge in [0.15, 0.2) is 0 Å². The van der Waals surface area contributed by atoms with E-state index in [0.29, 0.717) is 44.4 Å². The molecule has 1 atom stereocenters. The van der Waals surface area contributed by atoms with Gasteiger partial charge < -0.3 is 18.7 Å². The van der Waals surface area contributed by atoms with Gasteiger partial charge in [0.25, 0.3) is 0 Å². The third-order valence-corrected chi connectivity index (χ3v) is 6.31. The number of carbonyl (C=O) groups is 2. The van der Waals surface area contributed by atoms with Crippen LogP contribution in [-0.2, 0) is 22.7 Å². The number of carbonyl (C=O) groups excluding carboxylic acids is 2. The molecular formula is C24H27N5O4. The number of nitrogens with zero attached hydrogens (tertiary/aromatic N) is 5. The zero-order valence-corrected chi connectivity index (χ0v) is 18.6. The summed E-state index contributed by atoms with van der Waals surface area (Å²) in [5.74, 6) is 1.67. The Balaban J connectivity index is 1.11. The Bertz CT molecular complexity index is 1100. The predicted molar refractivity (Wildman–Crippen MR) is 119 cm³/mol. The standard InChI is InChI=1S/C24H27N5O4/c1-17-4-6-18(7-5-17)23-25-21(33-26-23)16-27-8-10-28(11-9-27)24(31)19-13-22(30)29(14-19)15-20-3-2-12-32-20/h2-7,12,19H,8-11,13-16H2,1H3. The van der Waals surface area contributed by atoms with Crippen LogP contribution in [-0.4, -0.2) is 69.4 Å². The first-order chi connectivity index (χ1) is 16.0. The third-order valence-electron chi connectivity index (χ3n) is 6.31. The second-order valence-electron chi connectivity index (χ2n) is 8.73. The predicted octanol–water partition coefficient (Wildman–Crippen LogP) is 2.33. The van der Waals surface area contributed by atoms with Gasteiger partial charge >= 0.3 is 0 Å². The number of benzene rings is 1. The molecule has 0 saturated carbocycles. The number of rotatable bonds is 6. The molecule has 9 nitrogen and oxygen atoms in total. The van der Waals surface area contributed by atoms with E-state index in [2.05, 4.69) is 15.0 Å². The van der Waals surface area contributed by atoms with E-state index in [1.165, 1.54) is 5.56 Å². The van der Waals surface area contributed by atoms with E-state index in [1.807, 2.05) is 42.2 Å². The first kappa shape index (κ1) is 21.4. The van der Waals surface area contributed by atoms with Gasteiger partial charge in [0, 0.05) is 44.7 Å². The molecule has 1 aromatic carbocycles. The van der Waals surface area contributed by atoms with Gasteiger partial charge in [-0.15, -0.1) is 0 Å². The number of amides is 2. The van der Waals surface area contributed by atoms with Crippen molar-refractivity contribution >= 4 is 11.8 Å². The molecule has 3 aromatic rings. The molecule has 2 fully saturated rings. The number of aryl methyl sites for hydroxylation is 1. The van der Waals surface area contributed by atoms with Gasteiger partial charge in [-0.05, 0) is 19.1 Å². The normalized spacial score (nSPS) is 19.4. The molecule has 2 saturated heterocycles. The highest BCUT2D eigenvalue weighted by molar-refractivity contribution is 5.89. The molecule has 1 unspecified atom stereocenters. The van der Waals surface area contributed by atoms with Crippen LogP contribution in [0.15, 0.2) is 51.6 Å². The molecule has 2 aliphatic rings. The molecule has 172 valence electrons. The highest BCUT2D eigenvalue weighted by Gasteiger charge is 2.37. The molecule has 0 aliphatic carbocycles. The summed E-state index contributed by atoms with van der Waals surface area (Å²) in [7, 11) is 0. The van der Waals surface area contributed by atoms with E-state index in [1.54, 1.807) is 17.2 Å². The van der Waals surface area contributed by atoms with E-state index < -0.39 is 0 Å².